The molecule has 5 heteroatoms. The van der Waals surface area contributed by atoms with Crippen LogP contribution in [-0.4, -0.2) is 57.6 Å². The Kier molecular flexibility index (Phi) is 12.1. The van der Waals surface area contributed by atoms with E-state index >= 15 is 0 Å². The normalized spacial score (nSPS) is 20.1. The summed E-state index contributed by atoms with van der Waals surface area (Å²) in [6.45, 7) is 9.26. The molecule has 0 radical (unpaired) electrons. The van der Waals surface area contributed by atoms with Crippen LogP contribution in [0, 0.1) is 0 Å². The Morgan fingerprint density at radius 3 is 2.59 bits per heavy atom. The van der Waals surface area contributed by atoms with Crippen LogP contribution >= 0.6 is 0 Å². The van der Waals surface area contributed by atoms with E-state index in [0.717, 1.165) is 39.1 Å². The molecule has 0 bridgehead atoms. The number of hydrogen-bond acceptors (Lipinski definition) is 5. The lowest BCUT2D eigenvalue weighted by atomic mass is 10.3. The molecule has 1 atom stereocenters. The van der Waals surface area contributed by atoms with Crippen LogP contribution in [0.15, 0.2) is 0 Å². The van der Waals surface area contributed by atoms with Gasteiger partial charge in [0.25, 0.3) is 0 Å². The van der Waals surface area contributed by atoms with Crippen molar-refractivity contribution in [3.63, 3.8) is 0 Å². The van der Waals surface area contributed by atoms with Crippen molar-refractivity contribution >= 4 is 0 Å². The second-order valence-electron chi connectivity index (χ2n) is 3.81. The molecule has 1 aliphatic heterocycles. The highest BCUT2D eigenvalue weighted by Gasteiger charge is 2.21. The third kappa shape index (κ3) is 8.51. The van der Waals surface area contributed by atoms with Gasteiger partial charge in [0.1, 0.15) is 0 Å². The van der Waals surface area contributed by atoms with Gasteiger partial charge in [-0.25, -0.2) is 5.90 Å². The van der Waals surface area contributed by atoms with Gasteiger partial charge in [0, 0.05) is 33.4 Å². The van der Waals surface area contributed by atoms with Crippen molar-refractivity contribution < 1.29 is 14.3 Å². The van der Waals surface area contributed by atoms with Crippen LogP contribution in [0.3, 0.4) is 0 Å². The lowest BCUT2D eigenvalue weighted by molar-refractivity contribution is 0.0541. The molecular weight excluding hydrogens is 220 g/mol. The minimum atomic E-state index is 0.222. The first-order valence-electron chi connectivity index (χ1n) is 6.51. The van der Waals surface area contributed by atoms with E-state index in [4.69, 9.17) is 20.2 Å². The molecule has 1 unspecified atom stereocenters. The van der Waals surface area contributed by atoms with Crippen LogP contribution in [0.4, 0.5) is 0 Å². The van der Waals surface area contributed by atoms with Crippen molar-refractivity contribution in [2.75, 3.05) is 46.6 Å². The highest BCUT2D eigenvalue weighted by Crippen LogP contribution is 2.10. The molecule has 0 amide bonds. The minimum absolute atomic E-state index is 0.222. The summed E-state index contributed by atoms with van der Waals surface area (Å²) in [5.41, 5.74) is 0. The molecule has 1 fully saturated rings. The average molecular weight is 248 g/mol. The van der Waals surface area contributed by atoms with Crippen molar-refractivity contribution in [1.82, 2.24) is 4.90 Å². The number of likely N-dealkylation sites (tertiary alicyclic amines) is 1. The average Bonchev–Trinajstić information content (AvgIpc) is 2.84. The topological polar surface area (TPSA) is 57.0 Å². The first kappa shape index (κ1) is 16.8. The van der Waals surface area contributed by atoms with Crippen molar-refractivity contribution in [2.24, 2.45) is 5.90 Å². The Labute approximate surface area is 105 Å². The molecule has 1 rings (SSSR count). The van der Waals surface area contributed by atoms with E-state index in [0.29, 0.717) is 13.2 Å². The Morgan fingerprint density at radius 2 is 2.00 bits per heavy atom. The number of hydrogen-bond donors (Lipinski definition) is 1. The van der Waals surface area contributed by atoms with Gasteiger partial charge in [-0.3, -0.25) is 4.84 Å². The summed E-state index contributed by atoms with van der Waals surface area (Å²) in [5.74, 6) is 5.14. The number of methoxy groups -OCH3 is 1. The fraction of sp³-hybridized carbons (Fsp3) is 1.00. The Balaban J connectivity index is 0.00000121. The third-order valence-corrected chi connectivity index (χ3v) is 2.62. The first-order chi connectivity index (χ1) is 8.36. The van der Waals surface area contributed by atoms with Gasteiger partial charge in [-0.15, -0.1) is 0 Å². The van der Waals surface area contributed by atoms with E-state index in [1.165, 1.54) is 0 Å². The van der Waals surface area contributed by atoms with E-state index in [-0.39, 0.29) is 6.10 Å². The van der Waals surface area contributed by atoms with Gasteiger partial charge >= 0.3 is 0 Å². The highest BCUT2D eigenvalue weighted by atomic mass is 16.6. The first-order valence-corrected chi connectivity index (χ1v) is 6.51. The standard InChI is InChI=1S/C10H22N2O3.C2H6/c1-13-7-8-14-6-2-4-12-5-3-10(9-12)15-11;1-2/h10H,2-9,11H2,1H3;1-2H3. The maximum Gasteiger partial charge on any atom is 0.0926 e. The Hall–Kier alpha value is -0.200. The van der Waals surface area contributed by atoms with E-state index in [2.05, 4.69) is 4.90 Å². The van der Waals surface area contributed by atoms with Gasteiger partial charge in [0.05, 0.1) is 19.3 Å². The van der Waals surface area contributed by atoms with Gasteiger partial charge in [-0.05, 0) is 12.8 Å². The minimum Gasteiger partial charge on any atom is -0.382 e. The second kappa shape index (κ2) is 12.3. The molecule has 1 saturated heterocycles. The predicted molar refractivity (Wildman–Crippen MR) is 68.8 cm³/mol. The van der Waals surface area contributed by atoms with Gasteiger partial charge < -0.3 is 14.4 Å². The number of nitrogens with zero attached hydrogens (tertiary/aromatic N) is 1. The smallest absolute Gasteiger partial charge is 0.0926 e. The molecule has 0 aromatic rings. The molecular formula is C12H28N2O3. The molecule has 0 aliphatic carbocycles. The van der Waals surface area contributed by atoms with Crippen LogP contribution in [0.1, 0.15) is 26.7 Å². The molecule has 5 nitrogen and oxygen atoms in total. The van der Waals surface area contributed by atoms with Gasteiger partial charge in [-0.1, -0.05) is 13.8 Å². The third-order valence-electron chi connectivity index (χ3n) is 2.62. The van der Waals surface area contributed by atoms with Gasteiger partial charge in [0.2, 0.25) is 0 Å². The van der Waals surface area contributed by atoms with E-state index in [1.807, 2.05) is 13.8 Å². The van der Waals surface area contributed by atoms with Crippen LogP contribution in [0.5, 0.6) is 0 Å². The zero-order chi connectivity index (χ0) is 12.9. The Morgan fingerprint density at radius 1 is 1.24 bits per heavy atom. The zero-order valence-electron chi connectivity index (χ0n) is 11.5. The van der Waals surface area contributed by atoms with Crippen molar-refractivity contribution in [3.05, 3.63) is 0 Å². The maximum atomic E-state index is 5.38. The monoisotopic (exact) mass is 248 g/mol. The van der Waals surface area contributed by atoms with Crippen molar-refractivity contribution in [3.8, 4) is 0 Å². The number of nitrogens with two attached hydrogens (primary N) is 1. The molecule has 0 aromatic heterocycles. The van der Waals surface area contributed by atoms with Crippen LogP contribution < -0.4 is 5.90 Å². The lowest BCUT2D eigenvalue weighted by Gasteiger charge is -2.14. The summed E-state index contributed by atoms with van der Waals surface area (Å²) in [6.07, 6.45) is 2.32. The zero-order valence-corrected chi connectivity index (χ0v) is 11.5. The fourth-order valence-electron chi connectivity index (χ4n) is 1.75. The summed E-state index contributed by atoms with van der Waals surface area (Å²) in [5, 5.41) is 0. The largest absolute Gasteiger partial charge is 0.382 e. The molecule has 1 aliphatic rings. The molecule has 2 N–H and O–H groups in total. The highest BCUT2D eigenvalue weighted by molar-refractivity contribution is 4.74. The summed E-state index contributed by atoms with van der Waals surface area (Å²) >= 11 is 0. The maximum absolute atomic E-state index is 5.38. The fourth-order valence-corrected chi connectivity index (χ4v) is 1.75. The summed E-state index contributed by atoms with van der Waals surface area (Å²) in [6, 6.07) is 0. The number of ether oxygens (including phenoxy) is 2. The molecule has 0 aromatic carbocycles. The predicted octanol–water partition coefficient (Wildman–Crippen LogP) is 1.03. The molecule has 17 heavy (non-hydrogen) atoms. The molecule has 104 valence electrons. The van der Waals surface area contributed by atoms with Gasteiger partial charge in [0.15, 0.2) is 0 Å². The van der Waals surface area contributed by atoms with Crippen LogP contribution in [0.2, 0.25) is 0 Å². The van der Waals surface area contributed by atoms with Crippen molar-refractivity contribution in [1.29, 1.82) is 0 Å². The SMILES string of the molecule is CC.COCCOCCCN1CCC(ON)C1. The van der Waals surface area contributed by atoms with E-state index < -0.39 is 0 Å². The van der Waals surface area contributed by atoms with E-state index in [1.54, 1.807) is 7.11 Å². The second-order valence-corrected chi connectivity index (χ2v) is 3.81. The lowest BCUT2D eigenvalue weighted by Crippen LogP contribution is -2.26. The molecule has 0 saturated carbocycles. The van der Waals surface area contributed by atoms with Crippen LogP contribution in [-0.2, 0) is 14.3 Å². The van der Waals surface area contributed by atoms with Crippen molar-refractivity contribution in [2.45, 2.75) is 32.8 Å². The molecule has 1 heterocycles. The molecule has 0 spiro atoms. The van der Waals surface area contributed by atoms with Gasteiger partial charge in [-0.2, -0.15) is 0 Å². The summed E-state index contributed by atoms with van der Waals surface area (Å²) < 4.78 is 10.3. The number of rotatable bonds is 8. The summed E-state index contributed by atoms with van der Waals surface area (Å²) in [7, 11) is 1.68. The van der Waals surface area contributed by atoms with Crippen LogP contribution in [0.25, 0.3) is 0 Å². The Bertz CT molecular complexity index is 159. The quantitative estimate of drug-likeness (QED) is 0.513. The summed E-state index contributed by atoms with van der Waals surface area (Å²) in [4.78, 5) is 7.17. The van der Waals surface area contributed by atoms with E-state index in [9.17, 15) is 0 Å².